The van der Waals surface area contributed by atoms with E-state index in [2.05, 4.69) is 40.5 Å². The lowest BCUT2D eigenvalue weighted by Crippen LogP contribution is -2.24. The van der Waals surface area contributed by atoms with E-state index < -0.39 is 0 Å². The molecule has 0 atom stereocenters. The van der Waals surface area contributed by atoms with Crippen LogP contribution < -0.4 is 10.6 Å². The zero-order chi connectivity index (χ0) is 14.5. The SMILES string of the molecule is CCNc1cncc(C(=O)NCc2cc(C)c(C)s2)n1. The summed E-state index contributed by atoms with van der Waals surface area (Å²) < 4.78 is 0. The second-order valence-corrected chi connectivity index (χ2v) is 5.80. The molecule has 6 heteroatoms. The highest BCUT2D eigenvalue weighted by Gasteiger charge is 2.09. The van der Waals surface area contributed by atoms with Gasteiger partial charge in [-0.2, -0.15) is 0 Å². The zero-order valence-electron chi connectivity index (χ0n) is 11.9. The van der Waals surface area contributed by atoms with E-state index in [0.29, 0.717) is 18.1 Å². The van der Waals surface area contributed by atoms with Crippen LogP contribution in [0, 0.1) is 13.8 Å². The molecule has 106 valence electrons. The van der Waals surface area contributed by atoms with Crippen molar-refractivity contribution in [2.75, 3.05) is 11.9 Å². The number of nitrogens with zero attached hydrogens (tertiary/aromatic N) is 2. The Bertz CT molecular complexity index is 589. The Hall–Kier alpha value is -1.95. The van der Waals surface area contributed by atoms with Crippen LogP contribution in [0.1, 0.15) is 32.7 Å². The number of aromatic nitrogens is 2. The van der Waals surface area contributed by atoms with Gasteiger partial charge in [0.1, 0.15) is 11.5 Å². The minimum atomic E-state index is -0.207. The van der Waals surface area contributed by atoms with Crippen LogP contribution in [0.3, 0.4) is 0 Å². The number of hydrogen-bond acceptors (Lipinski definition) is 5. The van der Waals surface area contributed by atoms with Gasteiger partial charge in [-0.3, -0.25) is 9.78 Å². The van der Waals surface area contributed by atoms with Gasteiger partial charge >= 0.3 is 0 Å². The molecule has 2 heterocycles. The first-order valence-electron chi connectivity index (χ1n) is 6.50. The van der Waals surface area contributed by atoms with E-state index in [9.17, 15) is 4.79 Å². The maximum absolute atomic E-state index is 12.0. The van der Waals surface area contributed by atoms with Crippen molar-refractivity contribution in [3.63, 3.8) is 0 Å². The van der Waals surface area contributed by atoms with Crippen molar-refractivity contribution >= 4 is 23.1 Å². The van der Waals surface area contributed by atoms with Gasteiger partial charge in [-0.1, -0.05) is 0 Å². The second-order valence-electron chi connectivity index (χ2n) is 4.45. The summed E-state index contributed by atoms with van der Waals surface area (Å²) in [6, 6.07) is 2.10. The minimum Gasteiger partial charge on any atom is -0.369 e. The van der Waals surface area contributed by atoms with Crippen LogP contribution in [-0.2, 0) is 6.54 Å². The van der Waals surface area contributed by atoms with Gasteiger partial charge in [0.15, 0.2) is 0 Å². The zero-order valence-corrected chi connectivity index (χ0v) is 12.7. The first-order chi connectivity index (χ1) is 9.60. The van der Waals surface area contributed by atoms with E-state index in [0.717, 1.165) is 11.4 Å². The van der Waals surface area contributed by atoms with E-state index in [1.54, 1.807) is 17.5 Å². The van der Waals surface area contributed by atoms with Crippen LogP contribution in [0.4, 0.5) is 5.82 Å². The fourth-order valence-electron chi connectivity index (χ4n) is 1.74. The molecule has 0 radical (unpaired) electrons. The number of amides is 1. The molecule has 0 saturated carbocycles. The Morgan fingerprint density at radius 2 is 2.15 bits per heavy atom. The quantitative estimate of drug-likeness (QED) is 0.888. The third-order valence-corrected chi connectivity index (χ3v) is 4.02. The highest BCUT2D eigenvalue weighted by molar-refractivity contribution is 7.12. The summed E-state index contributed by atoms with van der Waals surface area (Å²) in [5.74, 6) is 0.406. The van der Waals surface area contributed by atoms with Crippen molar-refractivity contribution in [2.24, 2.45) is 0 Å². The van der Waals surface area contributed by atoms with Crippen LogP contribution in [-0.4, -0.2) is 22.4 Å². The van der Waals surface area contributed by atoms with E-state index in [-0.39, 0.29) is 5.91 Å². The molecule has 0 aliphatic heterocycles. The summed E-state index contributed by atoms with van der Waals surface area (Å²) in [6.07, 6.45) is 3.08. The first kappa shape index (κ1) is 14.5. The number of carbonyl (C=O) groups is 1. The summed E-state index contributed by atoms with van der Waals surface area (Å²) >= 11 is 1.70. The standard InChI is InChI=1S/C14H18N4OS/c1-4-16-13-8-15-7-12(18-13)14(19)17-6-11-5-9(2)10(3)20-11/h5,7-8H,4,6H2,1-3H3,(H,16,18)(H,17,19). The van der Waals surface area contributed by atoms with Gasteiger partial charge < -0.3 is 10.6 Å². The Morgan fingerprint density at radius 3 is 2.80 bits per heavy atom. The summed E-state index contributed by atoms with van der Waals surface area (Å²) in [5, 5.41) is 5.90. The molecule has 2 aromatic heterocycles. The topological polar surface area (TPSA) is 66.9 Å². The van der Waals surface area contributed by atoms with Crippen LogP contribution in [0.25, 0.3) is 0 Å². The molecule has 0 unspecified atom stereocenters. The fraction of sp³-hybridized carbons (Fsp3) is 0.357. The summed E-state index contributed by atoms with van der Waals surface area (Å²) in [4.78, 5) is 22.7. The van der Waals surface area contributed by atoms with Crippen molar-refractivity contribution in [2.45, 2.75) is 27.3 Å². The molecule has 2 rings (SSSR count). The summed E-state index contributed by atoms with van der Waals surface area (Å²) in [6.45, 7) is 7.38. The first-order valence-corrected chi connectivity index (χ1v) is 7.31. The normalized spacial score (nSPS) is 10.3. The average molecular weight is 290 g/mol. The van der Waals surface area contributed by atoms with Gasteiger partial charge in [0.2, 0.25) is 0 Å². The van der Waals surface area contributed by atoms with Gasteiger partial charge in [0, 0.05) is 16.3 Å². The molecule has 2 N–H and O–H groups in total. The van der Waals surface area contributed by atoms with E-state index in [4.69, 9.17) is 0 Å². The Kier molecular flexibility index (Phi) is 4.68. The number of anilines is 1. The largest absolute Gasteiger partial charge is 0.369 e. The van der Waals surface area contributed by atoms with E-state index in [1.165, 1.54) is 16.6 Å². The van der Waals surface area contributed by atoms with Crippen molar-refractivity contribution < 1.29 is 4.79 Å². The summed E-state index contributed by atoms with van der Waals surface area (Å²) in [7, 11) is 0. The summed E-state index contributed by atoms with van der Waals surface area (Å²) in [5.41, 5.74) is 1.58. The highest BCUT2D eigenvalue weighted by atomic mass is 32.1. The molecule has 0 spiro atoms. The van der Waals surface area contributed by atoms with Crippen LogP contribution in [0.2, 0.25) is 0 Å². The third-order valence-electron chi connectivity index (χ3n) is 2.87. The molecular weight excluding hydrogens is 272 g/mol. The monoisotopic (exact) mass is 290 g/mol. The van der Waals surface area contributed by atoms with Crippen LogP contribution in [0.5, 0.6) is 0 Å². The maximum atomic E-state index is 12.0. The molecule has 0 aliphatic rings. The third kappa shape index (κ3) is 3.54. The molecule has 5 nitrogen and oxygen atoms in total. The number of rotatable bonds is 5. The maximum Gasteiger partial charge on any atom is 0.271 e. The number of thiophene rings is 1. The molecule has 1 amide bonds. The van der Waals surface area contributed by atoms with Crippen molar-refractivity contribution in [3.8, 4) is 0 Å². The molecular formula is C14H18N4OS. The lowest BCUT2D eigenvalue weighted by atomic mass is 10.3. The molecule has 20 heavy (non-hydrogen) atoms. The van der Waals surface area contributed by atoms with Crippen LogP contribution >= 0.6 is 11.3 Å². The molecule has 0 aromatic carbocycles. The Labute approximate surface area is 122 Å². The van der Waals surface area contributed by atoms with Gasteiger partial charge in [0.05, 0.1) is 18.9 Å². The Morgan fingerprint density at radius 1 is 1.35 bits per heavy atom. The van der Waals surface area contributed by atoms with Gasteiger partial charge in [-0.25, -0.2) is 4.98 Å². The van der Waals surface area contributed by atoms with Gasteiger partial charge in [-0.15, -0.1) is 11.3 Å². The number of carbonyl (C=O) groups excluding carboxylic acids is 1. The molecule has 0 saturated heterocycles. The van der Waals surface area contributed by atoms with Crippen molar-refractivity contribution in [3.05, 3.63) is 39.5 Å². The number of hydrogen-bond donors (Lipinski definition) is 2. The smallest absolute Gasteiger partial charge is 0.271 e. The van der Waals surface area contributed by atoms with E-state index >= 15 is 0 Å². The lowest BCUT2D eigenvalue weighted by molar-refractivity contribution is 0.0946. The molecule has 0 aliphatic carbocycles. The predicted octanol–water partition coefficient (Wildman–Crippen LogP) is 2.52. The number of aryl methyl sites for hydroxylation is 2. The van der Waals surface area contributed by atoms with Crippen molar-refractivity contribution in [1.82, 2.24) is 15.3 Å². The number of nitrogens with one attached hydrogen (secondary N) is 2. The predicted molar refractivity (Wildman–Crippen MR) is 81.2 cm³/mol. The van der Waals surface area contributed by atoms with E-state index in [1.807, 2.05) is 6.92 Å². The molecule has 2 aromatic rings. The lowest BCUT2D eigenvalue weighted by Gasteiger charge is -2.05. The average Bonchev–Trinajstić information content (AvgIpc) is 2.76. The highest BCUT2D eigenvalue weighted by Crippen LogP contribution is 2.20. The molecule has 0 bridgehead atoms. The van der Waals surface area contributed by atoms with Gasteiger partial charge in [0.25, 0.3) is 5.91 Å². The fourth-order valence-corrected chi connectivity index (χ4v) is 2.73. The van der Waals surface area contributed by atoms with Gasteiger partial charge in [-0.05, 0) is 32.4 Å². The van der Waals surface area contributed by atoms with Crippen LogP contribution in [0.15, 0.2) is 18.5 Å². The van der Waals surface area contributed by atoms with Crippen molar-refractivity contribution in [1.29, 1.82) is 0 Å². The Balaban J connectivity index is 1.99. The minimum absolute atomic E-state index is 0.207. The molecule has 0 fully saturated rings. The second kappa shape index (κ2) is 6.47.